The van der Waals surface area contributed by atoms with Crippen LogP contribution in [-0.4, -0.2) is 35.4 Å². The molecule has 0 saturated carbocycles. The lowest BCUT2D eigenvalue weighted by atomic mass is 10.00. The van der Waals surface area contributed by atoms with E-state index in [0.29, 0.717) is 12.0 Å². The minimum Gasteiger partial charge on any atom is -0.493 e. The molecule has 0 spiro atoms. The predicted molar refractivity (Wildman–Crippen MR) is 78.4 cm³/mol. The third-order valence-electron chi connectivity index (χ3n) is 3.08. The Labute approximate surface area is 114 Å². The van der Waals surface area contributed by atoms with Gasteiger partial charge in [-0.15, -0.1) is 0 Å². The molecule has 0 fully saturated rings. The van der Waals surface area contributed by atoms with Gasteiger partial charge in [-0.3, -0.25) is 4.68 Å². The van der Waals surface area contributed by atoms with Crippen LogP contribution in [0.25, 0.3) is 0 Å². The number of aromatic nitrogens is 2. The Hall–Kier alpha value is -0.680. The fourth-order valence-electron chi connectivity index (χ4n) is 2.25. The first kappa shape index (κ1) is 15.4. The largest absolute Gasteiger partial charge is 0.493 e. The van der Waals surface area contributed by atoms with Crippen molar-refractivity contribution in [2.45, 2.75) is 33.4 Å². The van der Waals surface area contributed by atoms with Gasteiger partial charge in [-0.1, -0.05) is 13.8 Å². The highest BCUT2D eigenvalue weighted by Crippen LogP contribution is 2.31. The first-order valence-corrected chi connectivity index (χ1v) is 7.90. The fourth-order valence-corrected chi connectivity index (χ4v) is 2.97. The van der Waals surface area contributed by atoms with Crippen LogP contribution in [0.5, 0.6) is 5.75 Å². The smallest absolute Gasteiger partial charge is 0.161 e. The lowest BCUT2D eigenvalue weighted by Gasteiger charge is -2.25. The van der Waals surface area contributed by atoms with Crippen LogP contribution in [0.15, 0.2) is 6.20 Å². The number of aryl methyl sites for hydroxylation is 1. The van der Waals surface area contributed by atoms with Gasteiger partial charge in [-0.2, -0.15) is 16.9 Å². The Morgan fingerprint density at radius 3 is 2.72 bits per heavy atom. The molecule has 4 nitrogen and oxygen atoms in total. The summed E-state index contributed by atoms with van der Waals surface area (Å²) in [4.78, 5) is 0. The molecule has 18 heavy (non-hydrogen) atoms. The third kappa shape index (κ3) is 3.42. The van der Waals surface area contributed by atoms with Gasteiger partial charge in [-0.25, -0.2) is 0 Å². The Kier molecular flexibility index (Phi) is 6.57. The average molecular weight is 271 g/mol. The summed E-state index contributed by atoms with van der Waals surface area (Å²) >= 11 is 1.88. The maximum atomic E-state index is 5.45. The summed E-state index contributed by atoms with van der Waals surface area (Å²) in [7, 11) is 1.71. The normalized spacial score (nSPS) is 14.5. The summed E-state index contributed by atoms with van der Waals surface area (Å²) in [5.41, 5.74) is 1.17. The molecule has 0 aliphatic rings. The van der Waals surface area contributed by atoms with Gasteiger partial charge in [0.1, 0.15) is 0 Å². The Bertz CT molecular complexity index is 333. The van der Waals surface area contributed by atoms with Crippen molar-refractivity contribution < 1.29 is 4.74 Å². The molecule has 0 radical (unpaired) electrons. The molecule has 1 aromatic heterocycles. The number of hydrogen-bond acceptors (Lipinski definition) is 4. The number of nitrogens with one attached hydrogen (secondary N) is 1. The third-order valence-corrected chi connectivity index (χ3v) is 3.94. The lowest BCUT2D eigenvalue weighted by Crippen LogP contribution is -2.30. The van der Waals surface area contributed by atoms with Gasteiger partial charge < -0.3 is 10.1 Å². The first-order valence-electron chi connectivity index (χ1n) is 6.51. The summed E-state index contributed by atoms with van der Waals surface area (Å²) in [6, 6.07) is 0.292. The number of ether oxygens (including phenoxy) is 1. The van der Waals surface area contributed by atoms with Crippen LogP contribution >= 0.6 is 11.8 Å². The van der Waals surface area contributed by atoms with Gasteiger partial charge in [0.2, 0.25) is 0 Å². The molecule has 1 rings (SSSR count). The number of methoxy groups -OCH3 is 1. The molecular weight excluding hydrogens is 246 g/mol. The molecule has 1 aromatic rings. The van der Waals surface area contributed by atoms with Crippen LogP contribution < -0.4 is 10.1 Å². The SMILES string of the molecule is CCNC(c1c(OC)cnn1CC)C(C)CSC. The van der Waals surface area contributed by atoms with E-state index < -0.39 is 0 Å². The van der Waals surface area contributed by atoms with E-state index in [1.54, 1.807) is 7.11 Å². The van der Waals surface area contributed by atoms with Crippen molar-refractivity contribution in [3.8, 4) is 5.75 Å². The topological polar surface area (TPSA) is 39.1 Å². The zero-order valence-electron chi connectivity index (χ0n) is 12.1. The molecule has 104 valence electrons. The van der Waals surface area contributed by atoms with E-state index >= 15 is 0 Å². The Balaban J connectivity index is 3.06. The van der Waals surface area contributed by atoms with Crippen LogP contribution in [0.3, 0.4) is 0 Å². The first-order chi connectivity index (χ1) is 8.69. The molecule has 0 saturated heterocycles. The molecule has 5 heteroatoms. The zero-order chi connectivity index (χ0) is 13.5. The molecule has 1 heterocycles. The molecule has 0 aliphatic carbocycles. The van der Waals surface area contributed by atoms with E-state index in [2.05, 4.69) is 37.4 Å². The number of rotatable bonds is 8. The standard InChI is InChI=1S/C13H25N3OS/c1-6-14-12(10(3)9-18-5)13-11(17-4)8-15-16(13)7-2/h8,10,12,14H,6-7,9H2,1-5H3. The molecule has 0 bridgehead atoms. The molecule has 2 unspecified atom stereocenters. The number of hydrogen-bond donors (Lipinski definition) is 1. The van der Waals surface area contributed by atoms with Crippen molar-refractivity contribution in [3.63, 3.8) is 0 Å². The van der Waals surface area contributed by atoms with Gasteiger partial charge in [0.05, 0.1) is 25.0 Å². The fraction of sp³-hybridized carbons (Fsp3) is 0.769. The van der Waals surface area contributed by atoms with Crippen LogP contribution in [-0.2, 0) is 6.54 Å². The van der Waals surface area contributed by atoms with E-state index in [9.17, 15) is 0 Å². The van der Waals surface area contributed by atoms with Gasteiger partial charge in [0.25, 0.3) is 0 Å². The van der Waals surface area contributed by atoms with Gasteiger partial charge in [0.15, 0.2) is 5.75 Å². The van der Waals surface area contributed by atoms with E-state index in [1.165, 1.54) is 5.69 Å². The lowest BCUT2D eigenvalue weighted by molar-refractivity contribution is 0.360. The predicted octanol–water partition coefficient (Wildman–Crippen LogP) is 2.56. The summed E-state index contributed by atoms with van der Waals surface area (Å²) in [5, 5.41) is 7.96. The van der Waals surface area contributed by atoms with Crippen molar-refractivity contribution in [2.75, 3.05) is 25.7 Å². The zero-order valence-corrected chi connectivity index (χ0v) is 12.9. The highest BCUT2D eigenvalue weighted by Gasteiger charge is 2.25. The highest BCUT2D eigenvalue weighted by molar-refractivity contribution is 7.98. The summed E-state index contributed by atoms with van der Waals surface area (Å²) < 4.78 is 7.48. The van der Waals surface area contributed by atoms with E-state index in [4.69, 9.17) is 4.74 Å². The Morgan fingerprint density at radius 1 is 1.50 bits per heavy atom. The summed E-state index contributed by atoms with van der Waals surface area (Å²) in [6.45, 7) is 8.33. The minimum atomic E-state index is 0.292. The maximum absolute atomic E-state index is 5.45. The molecule has 1 N–H and O–H groups in total. The minimum absolute atomic E-state index is 0.292. The van der Waals surface area contributed by atoms with Crippen molar-refractivity contribution in [2.24, 2.45) is 5.92 Å². The van der Waals surface area contributed by atoms with Gasteiger partial charge >= 0.3 is 0 Å². The Morgan fingerprint density at radius 2 is 2.22 bits per heavy atom. The van der Waals surface area contributed by atoms with Crippen molar-refractivity contribution in [1.29, 1.82) is 0 Å². The molecule has 0 aromatic carbocycles. The van der Waals surface area contributed by atoms with E-state index in [-0.39, 0.29) is 0 Å². The van der Waals surface area contributed by atoms with E-state index in [1.807, 2.05) is 22.6 Å². The second kappa shape index (κ2) is 7.69. The summed E-state index contributed by atoms with van der Waals surface area (Å²) in [5.74, 6) is 2.54. The van der Waals surface area contributed by atoms with E-state index in [0.717, 1.165) is 24.6 Å². The monoisotopic (exact) mass is 271 g/mol. The van der Waals surface area contributed by atoms with Crippen LogP contribution in [0.1, 0.15) is 32.5 Å². The van der Waals surface area contributed by atoms with Crippen molar-refractivity contribution in [1.82, 2.24) is 15.1 Å². The van der Waals surface area contributed by atoms with Crippen LogP contribution in [0.2, 0.25) is 0 Å². The number of thioether (sulfide) groups is 1. The van der Waals surface area contributed by atoms with Crippen molar-refractivity contribution >= 4 is 11.8 Å². The van der Waals surface area contributed by atoms with Crippen molar-refractivity contribution in [3.05, 3.63) is 11.9 Å². The van der Waals surface area contributed by atoms with Gasteiger partial charge in [-0.05, 0) is 31.4 Å². The molecule has 0 aliphatic heterocycles. The summed E-state index contributed by atoms with van der Waals surface area (Å²) in [6.07, 6.45) is 3.96. The highest BCUT2D eigenvalue weighted by atomic mass is 32.2. The second-order valence-corrected chi connectivity index (χ2v) is 5.29. The second-order valence-electron chi connectivity index (χ2n) is 4.38. The quantitative estimate of drug-likeness (QED) is 0.789. The maximum Gasteiger partial charge on any atom is 0.161 e. The average Bonchev–Trinajstić information content (AvgIpc) is 2.78. The number of nitrogens with zero attached hydrogens (tertiary/aromatic N) is 2. The van der Waals surface area contributed by atoms with Crippen LogP contribution in [0, 0.1) is 5.92 Å². The molecule has 2 atom stereocenters. The molecule has 0 amide bonds. The molecular formula is C13H25N3OS. The van der Waals surface area contributed by atoms with Crippen LogP contribution in [0.4, 0.5) is 0 Å². The van der Waals surface area contributed by atoms with Gasteiger partial charge in [0, 0.05) is 6.54 Å².